The van der Waals surface area contributed by atoms with E-state index in [-0.39, 0.29) is 0 Å². The Hall–Kier alpha value is -1.09. The zero-order valence-corrected chi connectivity index (χ0v) is 8.83. The van der Waals surface area contributed by atoms with Crippen LogP contribution in [-0.2, 0) is 6.42 Å². The molecule has 0 bridgehead atoms. The summed E-state index contributed by atoms with van der Waals surface area (Å²) < 4.78 is 5.46. The SMILES string of the molecule is c1c(C2CCCNC2)ncc2c1CCO2. The van der Waals surface area contributed by atoms with Gasteiger partial charge >= 0.3 is 0 Å². The van der Waals surface area contributed by atoms with Crippen LogP contribution in [0.5, 0.6) is 5.75 Å². The highest BCUT2D eigenvalue weighted by Gasteiger charge is 2.19. The maximum Gasteiger partial charge on any atom is 0.140 e. The quantitative estimate of drug-likeness (QED) is 0.752. The fourth-order valence-corrected chi connectivity index (χ4v) is 2.43. The zero-order chi connectivity index (χ0) is 10.1. The van der Waals surface area contributed by atoms with Gasteiger partial charge in [-0.15, -0.1) is 0 Å². The highest BCUT2D eigenvalue weighted by Crippen LogP contribution is 2.29. The molecule has 0 spiro atoms. The summed E-state index contributed by atoms with van der Waals surface area (Å²) in [6, 6.07) is 2.24. The van der Waals surface area contributed by atoms with E-state index in [0.717, 1.165) is 31.9 Å². The molecule has 1 N–H and O–H groups in total. The van der Waals surface area contributed by atoms with E-state index < -0.39 is 0 Å². The molecule has 15 heavy (non-hydrogen) atoms. The van der Waals surface area contributed by atoms with E-state index >= 15 is 0 Å². The van der Waals surface area contributed by atoms with Crippen LogP contribution >= 0.6 is 0 Å². The minimum atomic E-state index is 0.602. The van der Waals surface area contributed by atoms with Gasteiger partial charge in [0.25, 0.3) is 0 Å². The lowest BCUT2D eigenvalue weighted by molar-refractivity contribution is 0.355. The van der Waals surface area contributed by atoms with Crippen LogP contribution in [0.2, 0.25) is 0 Å². The molecule has 0 radical (unpaired) electrons. The summed E-state index contributed by atoms with van der Waals surface area (Å²) in [5.74, 6) is 1.59. The number of aromatic nitrogens is 1. The van der Waals surface area contributed by atoms with Gasteiger partial charge in [-0.05, 0) is 25.5 Å². The predicted molar refractivity (Wildman–Crippen MR) is 58.3 cm³/mol. The first kappa shape index (κ1) is 9.16. The van der Waals surface area contributed by atoms with Crippen LogP contribution in [0.4, 0.5) is 0 Å². The number of ether oxygens (including phenoxy) is 1. The summed E-state index contributed by atoms with van der Waals surface area (Å²) in [6.45, 7) is 3.06. The molecule has 1 atom stereocenters. The third-order valence-electron chi connectivity index (χ3n) is 3.31. The van der Waals surface area contributed by atoms with E-state index in [9.17, 15) is 0 Å². The average Bonchev–Trinajstić information content (AvgIpc) is 2.77. The third-order valence-corrected chi connectivity index (χ3v) is 3.31. The first-order valence-electron chi connectivity index (χ1n) is 5.76. The van der Waals surface area contributed by atoms with Crippen LogP contribution in [0.1, 0.15) is 30.0 Å². The monoisotopic (exact) mass is 204 g/mol. The summed E-state index contributed by atoms with van der Waals surface area (Å²) in [6.07, 6.45) is 5.47. The molecule has 2 aliphatic rings. The van der Waals surface area contributed by atoms with Gasteiger partial charge in [0.05, 0.1) is 12.8 Å². The molecule has 1 unspecified atom stereocenters. The Bertz CT molecular complexity index is 359. The van der Waals surface area contributed by atoms with Crippen molar-refractivity contribution < 1.29 is 4.74 Å². The number of fused-ring (bicyclic) bond motifs is 1. The molecule has 1 saturated heterocycles. The number of pyridine rings is 1. The van der Waals surface area contributed by atoms with E-state index in [4.69, 9.17) is 4.74 Å². The van der Waals surface area contributed by atoms with Gasteiger partial charge in [0, 0.05) is 30.1 Å². The van der Waals surface area contributed by atoms with Gasteiger partial charge in [0.15, 0.2) is 0 Å². The third kappa shape index (κ3) is 1.72. The summed E-state index contributed by atoms with van der Waals surface area (Å²) >= 11 is 0. The van der Waals surface area contributed by atoms with Crippen LogP contribution in [0.3, 0.4) is 0 Å². The van der Waals surface area contributed by atoms with Crippen LogP contribution < -0.4 is 10.1 Å². The molecule has 0 aliphatic carbocycles. The van der Waals surface area contributed by atoms with Crippen molar-refractivity contribution in [2.24, 2.45) is 0 Å². The van der Waals surface area contributed by atoms with Crippen LogP contribution in [-0.4, -0.2) is 24.7 Å². The van der Waals surface area contributed by atoms with Gasteiger partial charge in [-0.2, -0.15) is 0 Å². The molecule has 1 aromatic heterocycles. The lowest BCUT2D eigenvalue weighted by atomic mass is 9.94. The fraction of sp³-hybridized carbons (Fsp3) is 0.583. The van der Waals surface area contributed by atoms with Crippen molar-refractivity contribution in [1.82, 2.24) is 10.3 Å². The van der Waals surface area contributed by atoms with E-state index in [0.29, 0.717) is 5.92 Å². The lowest BCUT2D eigenvalue weighted by Gasteiger charge is -2.22. The Kier molecular flexibility index (Phi) is 2.33. The average molecular weight is 204 g/mol. The molecule has 3 nitrogen and oxygen atoms in total. The maximum atomic E-state index is 5.46. The van der Waals surface area contributed by atoms with Gasteiger partial charge in [-0.3, -0.25) is 4.98 Å². The van der Waals surface area contributed by atoms with Crippen molar-refractivity contribution in [1.29, 1.82) is 0 Å². The number of rotatable bonds is 1. The summed E-state index contributed by atoms with van der Waals surface area (Å²) in [7, 11) is 0. The molecule has 3 rings (SSSR count). The van der Waals surface area contributed by atoms with Crippen molar-refractivity contribution >= 4 is 0 Å². The normalized spacial score (nSPS) is 24.7. The predicted octanol–water partition coefficient (Wildman–Crippen LogP) is 1.48. The van der Waals surface area contributed by atoms with Crippen LogP contribution in [0.15, 0.2) is 12.3 Å². The molecule has 3 heterocycles. The molecule has 80 valence electrons. The number of nitrogens with one attached hydrogen (secondary N) is 1. The van der Waals surface area contributed by atoms with E-state index in [1.807, 2.05) is 6.20 Å². The molecule has 2 aliphatic heterocycles. The molecule has 3 heteroatoms. The van der Waals surface area contributed by atoms with Gasteiger partial charge in [0.1, 0.15) is 5.75 Å². The van der Waals surface area contributed by atoms with Crippen molar-refractivity contribution in [3.8, 4) is 5.75 Å². The highest BCUT2D eigenvalue weighted by molar-refractivity contribution is 5.36. The van der Waals surface area contributed by atoms with Gasteiger partial charge in [0.2, 0.25) is 0 Å². The zero-order valence-electron chi connectivity index (χ0n) is 8.83. The molecule has 0 aromatic carbocycles. The largest absolute Gasteiger partial charge is 0.491 e. The van der Waals surface area contributed by atoms with Gasteiger partial charge < -0.3 is 10.1 Å². The van der Waals surface area contributed by atoms with Crippen molar-refractivity contribution in [3.63, 3.8) is 0 Å². The second kappa shape index (κ2) is 3.81. The Morgan fingerprint density at radius 3 is 3.33 bits per heavy atom. The fourth-order valence-electron chi connectivity index (χ4n) is 2.43. The van der Waals surface area contributed by atoms with E-state index in [1.54, 1.807) is 0 Å². The topological polar surface area (TPSA) is 34.2 Å². The number of hydrogen-bond donors (Lipinski definition) is 1. The standard InChI is InChI=1S/C12H16N2O/c1-2-10(7-13-4-1)11-6-9-3-5-15-12(9)8-14-11/h6,8,10,13H,1-5,7H2. The van der Waals surface area contributed by atoms with E-state index in [2.05, 4.69) is 16.4 Å². The van der Waals surface area contributed by atoms with Gasteiger partial charge in [-0.25, -0.2) is 0 Å². The molecular weight excluding hydrogens is 188 g/mol. The Labute approximate surface area is 89.9 Å². The summed E-state index contributed by atoms with van der Waals surface area (Å²) in [5, 5.41) is 3.43. The van der Waals surface area contributed by atoms with E-state index in [1.165, 1.54) is 24.1 Å². The number of piperidine rings is 1. The van der Waals surface area contributed by atoms with Crippen LogP contribution in [0.25, 0.3) is 0 Å². The van der Waals surface area contributed by atoms with Crippen molar-refractivity contribution in [2.75, 3.05) is 19.7 Å². The first-order chi connectivity index (χ1) is 7.43. The van der Waals surface area contributed by atoms with Crippen LogP contribution in [0, 0.1) is 0 Å². The molecular formula is C12H16N2O. The highest BCUT2D eigenvalue weighted by atomic mass is 16.5. The smallest absolute Gasteiger partial charge is 0.140 e. The number of nitrogens with zero attached hydrogens (tertiary/aromatic N) is 1. The molecule has 0 amide bonds. The molecule has 0 saturated carbocycles. The minimum Gasteiger partial charge on any atom is -0.491 e. The number of hydrogen-bond acceptors (Lipinski definition) is 3. The molecule has 1 fully saturated rings. The van der Waals surface area contributed by atoms with Gasteiger partial charge in [-0.1, -0.05) is 0 Å². The Balaban J connectivity index is 1.85. The maximum absolute atomic E-state index is 5.46. The lowest BCUT2D eigenvalue weighted by Crippen LogP contribution is -2.28. The second-order valence-electron chi connectivity index (χ2n) is 4.36. The molecule has 1 aromatic rings. The summed E-state index contributed by atoms with van der Waals surface area (Å²) in [4.78, 5) is 4.51. The summed E-state index contributed by atoms with van der Waals surface area (Å²) in [5.41, 5.74) is 2.58. The Morgan fingerprint density at radius 1 is 1.47 bits per heavy atom. The first-order valence-corrected chi connectivity index (χ1v) is 5.76. The van der Waals surface area contributed by atoms with Crippen molar-refractivity contribution in [3.05, 3.63) is 23.5 Å². The van der Waals surface area contributed by atoms with Crippen molar-refractivity contribution in [2.45, 2.75) is 25.2 Å². The second-order valence-corrected chi connectivity index (χ2v) is 4.36. The minimum absolute atomic E-state index is 0.602. The Morgan fingerprint density at radius 2 is 2.47 bits per heavy atom.